The SMILES string of the molecule is c1ccc(-c2nc(-c3ccccc3)nc(-n3c4ccccc4c4c5c(ccc43)sc3c4ccccc4ccc35)n2)cc1.c1ccc(-c2nc(-c3ccccc3)nc(-n3c4ccccc4c4c5c(ccc43)sc3ccccc35)n2)cc1.c1ccc(-c2nc(-c3ccccc3)nc(-n3c4ccccc4c4c5c6ccccc6n(-c6ccccc6)c5ccc43)n2)cc1. The number of hydrogen-bond acceptors (Lipinski definition) is 11. The highest BCUT2D eigenvalue weighted by molar-refractivity contribution is 7.27. The lowest BCUT2D eigenvalue weighted by Crippen LogP contribution is -2.06. The Hall–Kier alpha value is -16.3. The Labute approximate surface area is 717 Å². The van der Waals surface area contributed by atoms with E-state index in [1.54, 1.807) is 0 Å². The van der Waals surface area contributed by atoms with Gasteiger partial charge in [-0.05, 0) is 89.6 Å². The fourth-order valence-corrected chi connectivity index (χ4v) is 20.4. The van der Waals surface area contributed by atoms with Crippen LogP contribution in [-0.2, 0) is 0 Å². The molecule has 17 aromatic carbocycles. The smallest absolute Gasteiger partial charge is 0.238 e. The van der Waals surface area contributed by atoms with E-state index in [9.17, 15) is 0 Å². The van der Waals surface area contributed by atoms with Crippen LogP contribution in [-0.4, -0.2) is 63.1 Å². The summed E-state index contributed by atoms with van der Waals surface area (Å²) in [4.78, 5) is 45.2. The zero-order chi connectivity index (χ0) is 81.7. The highest BCUT2D eigenvalue weighted by atomic mass is 32.1. The first-order valence-corrected chi connectivity index (χ1v) is 42.9. The average Bonchev–Trinajstić information content (AvgIpc) is 1.56. The first-order chi connectivity index (χ1) is 61.5. The average molecular weight is 1620 g/mol. The van der Waals surface area contributed by atoms with E-state index in [-0.39, 0.29) is 0 Å². The fourth-order valence-electron chi connectivity index (χ4n) is 18.0. The van der Waals surface area contributed by atoms with Gasteiger partial charge in [0.15, 0.2) is 34.9 Å². The molecule has 124 heavy (non-hydrogen) atoms. The third-order valence-electron chi connectivity index (χ3n) is 23.5. The van der Waals surface area contributed by atoms with Gasteiger partial charge in [-0.3, -0.25) is 13.7 Å². The van der Waals surface area contributed by atoms with Crippen LogP contribution in [0.15, 0.2) is 406 Å². The van der Waals surface area contributed by atoms with Crippen LogP contribution in [0.1, 0.15) is 0 Å². The van der Waals surface area contributed by atoms with Crippen molar-refractivity contribution in [2.75, 3.05) is 0 Å². The second-order valence-corrected chi connectivity index (χ2v) is 32.8. The molecule has 0 fully saturated rings. The number of benzene rings is 17. The van der Waals surface area contributed by atoms with Crippen LogP contribution in [0.3, 0.4) is 0 Å². The molecule has 0 atom stereocenters. The quantitative estimate of drug-likeness (QED) is 0.131. The van der Waals surface area contributed by atoms with Gasteiger partial charge in [0.2, 0.25) is 17.8 Å². The maximum atomic E-state index is 5.10. The molecule has 0 amide bonds. The Morgan fingerprint density at radius 2 is 0.435 bits per heavy atom. The molecular formula is C109H67N13S2. The van der Waals surface area contributed by atoms with Crippen LogP contribution in [0, 0.1) is 0 Å². The Morgan fingerprint density at radius 1 is 0.161 bits per heavy atom. The maximum Gasteiger partial charge on any atom is 0.238 e. The third-order valence-corrected chi connectivity index (χ3v) is 25.8. The van der Waals surface area contributed by atoms with E-state index >= 15 is 0 Å². The van der Waals surface area contributed by atoms with Crippen LogP contribution in [0.25, 0.3) is 230 Å². The van der Waals surface area contributed by atoms with Gasteiger partial charge in [-0.25, -0.2) is 15.0 Å². The molecule has 0 aliphatic heterocycles. The Kier molecular flexibility index (Phi) is 17.3. The number of thiophene rings is 2. The molecule has 0 saturated heterocycles. The summed E-state index contributed by atoms with van der Waals surface area (Å²) in [6.45, 7) is 0. The summed E-state index contributed by atoms with van der Waals surface area (Å²) in [5.41, 5.74) is 15.6. The van der Waals surface area contributed by atoms with Crippen molar-refractivity contribution in [2.24, 2.45) is 0 Å². The zero-order valence-electron chi connectivity index (χ0n) is 66.3. The summed E-state index contributed by atoms with van der Waals surface area (Å²) < 4.78 is 14.1. The Morgan fingerprint density at radius 3 is 0.815 bits per heavy atom. The molecule has 0 bridgehead atoms. The second kappa shape index (κ2) is 29.9. The number of hydrogen-bond donors (Lipinski definition) is 0. The molecule has 0 unspecified atom stereocenters. The lowest BCUT2D eigenvalue weighted by atomic mass is 10.0. The number of para-hydroxylation sites is 5. The molecule has 9 aromatic heterocycles. The van der Waals surface area contributed by atoms with Crippen molar-refractivity contribution in [3.63, 3.8) is 0 Å². The molecule has 0 aliphatic carbocycles. The van der Waals surface area contributed by atoms with Crippen molar-refractivity contribution < 1.29 is 0 Å². The Bertz CT molecular complexity index is 8500. The summed E-state index contributed by atoms with van der Waals surface area (Å²) in [6.07, 6.45) is 0. The first-order valence-electron chi connectivity index (χ1n) is 41.3. The van der Waals surface area contributed by atoms with Crippen LogP contribution < -0.4 is 0 Å². The lowest BCUT2D eigenvalue weighted by molar-refractivity contribution is 0.953. The molecule has 26 aromatic rings. The second-order valence-electron chi connectivity index (χ2n) is 30.7. The van der Waals surface area contributed by atoms with Gasteiger partial charge in [-0.2, -0.15) is 29.9 Å². The molecule has 15 heteroatoms. The summed E-state index contributed by atoms with van der Waals surface area (Å²) >= 11 is 3.71. The van der Waals surface area contributed by atoms with Gasteiger partial charge in [-0.1, -0.05) is 328 Å². The molecule has 0 N–H and O–H groups in total. The fraction of sp³-hybridized carbons (Fsp3) is 0. The summed E-state index contributed by atoms with van der Waals surface area (Å²) in [7, 11) is 0. The molecule has 0 spiro atoms. The van der Waals surface area contributed by atoms with Crippen LogP contribution in [0.5, 0.6) is 0 Å². The summed E-state index contributed by atoms with van der Waals surface area (Å²) in [6, 6.07) is 141. The van der Waals surface area contributed by atoms with Crippen molar-refractivity contribution >= 4 is 161 Å². The van der Waals surface area contributed by atoms with Gasteiger partial charge >= 0.3 is 0 Å². The minimum atomic E-state index is 0.593. The summed E-state index contributed by atoms with van der Waals surface area (Å²) in [5.74, 6) is 5.71. The van der Waals surface area contributed by atoms with Crippen molar-refractivity contribution in [3.8, 4) is 91.9 Å². The van der Waals surface area contributed by atoms with E-state index in [2.05, 4.69) is 243 Å². The first kappa shape index (κ1) is 71.8. The predicted molar refractivity (Wildman–Crippen MR) is 513 cm³/mol. The molecule has 13 nitrogen and oxygen atoms in total. The van der Waals surface area contributed by atoms with Crippen LogP contribution >= 0.6 is 22.7 Å². The molecule has 0 radical (unpaired) electrons. The lowest BCUT2D eigenvalue weighted by Gasteiger charge is -2.11. The van der Waals surface area contributed by atoms with Crippen molar-refractivity contribution in [3.05, 3.63) is 406 Å². The van der Waals surface area contributed by atoms with Crippen molar-refractivity contribution in [2.45, 2.75) is 0 Å². The number of fused-ring (bicyclic) bond motifs is 23. The van der Waals surface area contributed by atoms with E-state index in [0.717, 1.165) is 77.6 Å². The summed E-state index contributed by atoms with van der Waals surface area (Å²) in [5, 5.41) is 17.3. The number of aromatic nitrogens is 13. The predicted octanol–water partition coefficient (Wildman–Crippen LogP) is 27.9. The molecular weight excluding hydrogens is 1560 g/mol. The van der Waals surface area contributed by atoms with Gasteiger partial charge in [0.1, 0.15) is 0 Å². The van der Waals surface area contributed by atoms with Gasteiger partial charge in [0.25, 0.3) is 0 Å². The Balaban J connectivity index is 0.000000105. The topological polar surface area (TPSA) is 136 Å². The van der Waals surface area contributed by atoms with Gasteiger partial charge in [0, 0.05) is 123 Å². The van der Waals surface area contributed by atoms with Crippen molar-refractivity contribution in [1.82, 2.24) is 63.1 Å². The minimum Gasteiger partial charge on any atom is -0.309 e. The van der Waals surface area contributed by atoms with E-state index in [1.807, 2.05) is 205 Å². The van der Waals surface area contributed by atoms with E-state index in [1.165, 1.54) is 99.9 Å². The standard InChI is InChI=1S/C39H25N5.C37H22N4S.C33H20N4S/c1-4-14-26(15-5-1)37-40-38(27-16-6-2-7-17-27)42-39(41-37)44-32-23-13-11-21-30(32)36-34(44)25-24-33-35(36)29-20-10-12-22-31(29)43(33)28-18-8-3-9-19-28;1-3-12-24(13-4-1)35-38-36(25-14-5-2-6-15-25)40-37(39-35)41-29-18-10-9-17-27(29)32-30(41)21-22-31-33(32)28-20-19-23-11-7-8-16-26(23)34(28)42-31;1-3-11-21(12-4-1)31-34-32(22-13-5-2-6-14-22)36-33(35-31)37-25-17-9-7-15-23(25)29-26(37)19-20-28-30(29)24-16-8-10-18-27(24)38-28/h1-25H;1-22H;1-20H. The maximum absolute atomic E-state index is 5.10. The molecule has 0 saturated carbocycles. The largest absolute Gasteiger partial charge is 0.309 e. The van der Waals surface area contributed by atoms with Crippen LogP contribution in [0.2, 0.25) is 0 Å². The van der Waals surface area contributed by atoms with E-state index < -0.39 is 0 Å². The zero-order valence-corrected chi connectivity index (χ0v) is 67.9. The van der Waals surface area contributed by atoms with Gasteiger partial charge in [-0.15, -0.1) is 22.7 Å². The van der Waals surface area contributed by atoms with Gasteiger partial charge < -0.3 is 4.57 Å². The number of rotatable bonds is 10. The van der Waals surface area contributed by atoms with Crippen LogP contribution in [0.4, 0.5) is 0 Å². The highest BCUT2D eigenvalue weighted by Crippen LogP contribution is 2.48. The normalized spacial score (nSPS) is 11.7. The minimum absolute atomic E-state index is 0.593. The van der Waals surface area contributed by atoms with Gasteiger partial charge in [0.05, 0.1) is 44.1 Å². The van der Waals surface area contributed by atoms with E-state index in [0.29, 0.717) is 52.8 Å². The third kappa shape index (κ3) is 12.1. The monoisotopic (exact) mass is 1620 g/mol. The highest BCUT2D eigenvalue weighted by Gasteiger charge is 2.27. The molecule has 26 rings (SSSR count). The molecule has 9 heterocycles. The number of nitrogens with zero attached hydrogens (tertiary/aromatic N) is 13. The molecule has 0 aliphatic rings. The van der Waals surface area contributed by atoms with E-state index in [4.69, 9.17) is 44.9 Å². The van der Waals surface area contributed by atoms with Crippen molar-refractivity contribution in [1.29, 1.82) is 0 Å². The molecule has 580 valence electrons.